The van der Waals surface area contributed by atoms with Crippen LogP contribution in [0.5, 0.6) is 0 Å². The fourth-order valence-electron chi connectivity index (χ4n) is 1.88. The van der Waals surface area contributed by atoms with E-state index in [1.807, 2.05) is 12.4 Å². The van der Waals surface area contributed by atoms with Crippen molar-refractivity contribution < 1.29 is 0 Å². The maximum Gasteiger partial charge on any atom is 0.0463 e. The van der Waals surface area contributed by atoms with Gasteiger partial charge in [0, 0.05) is 34.4 Å². The number of aromatic nitrogens is 2. The van der Waals surface area contributed by atoms with Crippen molar-refractivity contribution in [3.63, 3.8) is 0 Å². The third kappa shape index (κ3) is 0.827. The molecule has 0 unspecified atom stereocenters. The molecular weight excluding hydrogens is 160 g/mol. The van der Waals surface area contributed by atoms with Crippen LogP contribution in [-0.2, 0) is 0 Å². The number of rotatable bonds is 0. The van der Waals surface area contributed by atoms with E-state index < -0.39 is 0 Å². The molecule has 0 saturated carbocycles. The molecule has 0 amide bonds. The van der Waals surface area contributed by atoms with E-state index in [1.165, 1.54) is 27.4 Å². The van der Waals surface area contributed by atoms with Crippen LogP contribution in [0, 0.1) is 6.92 Å². The second-order valence-corrected chi connectivity index (χ2v) is 3.44. The monoisotopic (exact) mass is 170 g/mol. The van der Waals surface area contributed by atoms with E-state index in [1.54, 1.807) is 0 Å². The van der Waals surface area contributed by atoms with Crippen LogP contribution >= 0.6 is 0 Å². The van der Waals surface area contributed by atoms with Gasteiger partial charge in [-0.3, -0.25) is 0 Å². The van der Waals surface area contributed by atoms with Gasteiger partial charge in [-0.05, 0) is 24.4 Å². The van der Waals surface area contributed by atoms with Gasteiger partial charge < -0.3 is 9.97 Å². The lowest BCUT2D eigenvalue weighted by molar-refractivity contribution is 1.30. The zero-order valence-electron chi connectivity index (χ0n) is 7.39. The summed E-state index contributed by atoms with van der Waals surface area (Å²) in [4.78, 5) is 6.45. The Labute approximate surface area is 75.6 Å². The predicted octanol–water partition coefficient (Wildman–Crippen LogP) is 2.96. The molecule has 64 valence electrons. The van der Waals surface area contributed by atoms with Crippen molar-refractivity contribution in [1.82, 2.24) is 9.97 Å². The summed E-state index contributed by atoms with van der Waals surface area (Å²) in [6.45, 7) is 2.08. The third-order valence-corrected chi connectivity index (χ3v) is 2.48. The Kier molecular flexibility index (Phi) is 1.13. The molecule has 2 aromatic heterocycles. The predicted molar refractivity (Wildman–Crippen MR) is 54.9 cm³/mol. The van der Waals surface area contributed by atoms with Crippen molar-refractivity contribution in [1.29, 1.82) is 0 Å². The standard InChI is InChI=1S/C11H10N2/c1-7-4-9-10-6-12-5-8(10)2-3-11(9)13-7/h2-6,12-13H,1H3. The van der Waals surface area contributed by atoms with Crippen molar-refractivity contribution in [2.75, 3.05) is 0 Å². The Morgan fingerprint density at radius 1 is 1.08 bits per heavy atom. The fourth-order valence-corrected chi connectivity index (χ4v) is 1.88. The van der Waals surface area contributed by atoms with Crippen LogP contribution in [-0.4, -0.2) is 9.97 Å². The summed E-state index contributed by atoms with van der Waals surface area (Å²) < 4.78 is 0. The molecule has 0 aliphatic carbocycles. The molecule has 0 saturated heterocycles. The first-order chi connectivity index (χ1) is 6.34. The molecular formula is C11H10N2. The summed E-state index contributed by atoms with van der Waals surface area (Å²) in [5.74, 6) is 0. The van der Waals surface area contributed by atoms with Gasteiger partial charge in [0.2, 0.25) is 0 Å². The largest absolute Gasteiger partial charge is 0.366 e. The van der Waals surface area contributed by atoms with Crippen LogP contribution in [0.2, 0.25) is 0 Å². The molecule has 1 aromatic carbocycles. The van der Waals surface area contributed by atoms with Crippen molar-refractivity contribution in [2.24, 2.45) is 0 Å². The number of fused-ring (bicyclic) bond motifs is 3. The molecule has 2 N–H and O–H groups in total. The first kappa shape index (κ1) is 6.78. The molecule has 0 spiro atoms. The third-order valence-electron chi connectivity index (χ3n) is 2.48. The molecule has 2 nitrogen and oxygen atoms in total. The quantitative estimate of drug-likeness (QED) is 0.520. The minimum absolute atomic E-state index is 1.21. The lowest BCUT2D eigenvalue weighted by Gasteiger charge is -1.90. The molecule has 0 aliphatic rings. The van der Waals surface area contributed by atoms with Crippen LogP contribution in [0.15, 0.2) is 30.6 Å². The van der Waals surface area contributed by atoms with Crippen molar-refractivity contribution >= 4 is 21.7 Å². The molecule has 2 heteroatoms. The number of benzene rings is 1. The molecule has 2 heterocycles. The van der Waals surface area contributed by atoms with Gasteiger partial charge in [0.05, 0.1) is 0 Å². The Hall–Kier alpha value is -1.70. The Morgan fingerprint density at radius 2 is 2.00 bits per heavy atom. The summed E-state index contributed by atoms with van der Waals surface area (Å²) in [6, 6.07) is 6.44. The lowest BCUT2D eigenvalue weighted by atomic mass is 10.1. The summed E-state index contributed by atoms with van der Waals surface area (Å²) in [5.41, 5.74) is 2.42. The number of hydrogen-bond acceptors (Lipinski definition) is 0. The minimum atomic E-state index is 1.21. The summed E-state index contributed by atoms with van der Waals surface area (Å²) in [6.07, 6.45) is 4.07. The first-order valence-corrected chi connectivity index (χ1v) is 4.39. The zero-order valence-corrected chi connectivity index (χ0v) is 7.39. The summed E-state index contributed by atoms with van der Waals surface area (Å²) in [7, 11) is 0. The highest BCUT2D eigenvalue weighted by Crippen LogP contribution is 2.25. The van der Waals surface area contributed by atoms with Gasteiger partial charge in [0.25, 0.3) is 0 Å². The van der Waals surface area contributed by atoms with E-state index in [4.69, 9.17) is 0 Å². The van der Waals surface area contributed by atoms with E-state index in [2.05, 4.69) is 35.1 Å². The van der Waals surface area contributed by atoms with Gasteiger partial charge in [-0.15, -0.1) is 0 Å². The van der Waals surface area contributed by atoms with Gasteiger partial charge >= 0.3 is 0 Å². The second kappa shape index (κ2) is 2.16. The first-order valence-electron chi connectivity index (χ1n) is 4.39. The number of hydrogen-bond donors (Lipinski definition) is 2. The van der Waals surface area contributed by atoms with E-state index in [0.717, 1.165) is 0 Å². The Morgan fingerprint density at radius 3 is 2.92 bits per heavy atom. The molecule has 3 rings (SSSR count). The van der Waals surface area contributed by atoms with E-state index in [-0.39, 0.29) is 0 Å². The van der Waals surface area contributed by atoms with Gasteiger partial charge in [-0.2, -0.15) is 0 Å². The SMILES string of the molecule is Cc1cc2c(ccc3c[nH]cc32)[nH]1. The minimum Gasteiger partial charge on any atom is -0.366 e. The maximum absolute atomic E-state index is 3.33. The van der Waals surface area contributed by atoms with Crippen LogP contribution in [0.4, 0.5) is 0 Å². The van der Waals surface area contributed by atoms with Gasteiger partial charge in [-0.1, -0.05) is 6.07 Å². The fraction of sp³-hybridized carbons (Fsp3) is 0.0909. The number of aromatic amines is 2. The van der Waals surface area contributed by atoms with Crippen molar-refractivity contribution in [2.45, 2.75) is 6.92 Å². The van der Waals surface area contributed by atoms with Crippen LogP contribution in [0.25, 0.3) is 21.7 Å². The van der Waals surface area contributed by atoms with Gasteiger partial charge in [0.15, 0.2) is 0 Å². The number of aryl methyl sites for hydroxylation is 1. The smallest absolute Gasteiger partial charge is 0.0463 e. The average molecular weight is 170 g/mol. The lowest BCUT2D eigenvalue weighted by Crippen LogP contribution is -1.68. The van der Waals surface area contributed by atoms with Crippen LogP contribution in [0.1, 0.15) is 5.69 Å². The van der Waals surface area contributed by atoms with Crippen LogP contribution in [0.3, 0.4) is 0 Å². The highest BCUT2D eigenvalue weighted by molar-refractivity contribution is 6.06. The highest BCUT2D eigenvalue weighted by atomic mass is 14.7. The van der Waals surface area contributed by atoms with E-state index >= 15 is 0 Å². The van der Waals surface area contributed by atoms with Gasteiger partial charge in [0.1, 0.15) is 0 Å². The molecule has 0 fully saturated rings. The van der Waals surface area contributed by atoms with E-state index in [9.17, 15) is 0 Å². The number of H-pyrrole nitrogens is 2. The Balaban J connectivity index is 2.64. The molecule has 3 aromatic rings. The summed E-state index contributed by atoms with van der Waals surface area (Å²) >= 11 is 0. The molecule has 0 atom stereocenters. The zero-order chi connectivity index (χ0) is 8.84. The number of nitrogens with one attached hydrogen (secondary N) is 2. The average Bonchev–Trinajstić information content (AvgIpc) is 2.65. The topological polar surface area (TPSA) is 31.6 Å². The molecule has 0 radical (unpaired) electrons. The highest BCUT2D eigenvalue weighted by Gasteiger charge is 2.02. The Bertz CT molecular complexity index is 572. The molecule has 13 heavy (non-hydrogen) atoms. The van der Waals surface area contributed by atoms with Crippen molar-refractivity contribution in [3.05, 3.63) is 36.3 Å². The normalized spacial score (nSPS) is 11.5. The van der Waals surface area contributed by atoms with Crippen LogP contribution < -0.4 is 0 Å². The second-order valence-electron chi connectivity index (χ2n) is 3.44. The molecule has 0 aliphatic heterocycles. The molecule has 0 bridgehead atoms. The van der Waals surface area contributed by atoms with Crippen molar-refractivity contribution in [3.8, 4) is 0 Å². The van der Waals surface area contributed by atoms with E-state index in [0.29, 0.717) is 0 Å². The maximum atomic E-state index is 3.33. The summed E-state index contributed by atoms with van der Waals surface area (Å²) in [5, 5.41) is 3.87. The van der Waals surface area contributed by atoms with Gasteiger partial charge in [-0.25, -0.2) is 0 Å².